The average molecular weight is 675 g/mol. The second-order valence-electron chi connectivity index (χ2n) is 11.6. The van der Waals surface area contributed by atoms with Crippen molar-refractivity contribution in [1.29, 1.82) is 0 Å². The first-order valence-corrected chi connectivity index (χ1v) is 15.8. The summed E-state index contributed by atoms with van der Waals surface area (Å²) in [7, 11) is -3.01. The number of ether oxygens (including phenoxy) is 3. The fraction of sp³-hybridized carbons (Fsp3) is 0.500. The molecule has 2 fully saturated rings. The third-order valence-corrected chi connectivity index (χ3v) is 10.1. The number of carboxylic acids is 1. The monoisotopic (exact) mass is 674 g/mol. The van der Waals surface area contributed by atoms with Gasteiger partial charge in [0.1, 0.15) is 5.75 Å². The summed E-state index contributed by atoms with van der Waals surface area (Å²) in [6.07, 6.45) is 0.713. The highest BCUT2D eigenvalue weighted by atomic mass is 32.2. The van der Waals surface area contributed by atoms with Gasteiger partial charge in [-0.05, 0) is 69.7 Å². The van der Waals surface area contributed by atoms with Gasteiger partial charge in [0.05, 0.1) is 41.1 Å². The molecule has 1 unspecified atom stereocenters. The number of carboxylic acid groups (broad SMARTS) is 1. The maximum Gasteiger partial charge on any atom is 0.501 e. The van der Waals surface area contributed by atoms with E-state index in [0.717, 1.165) is 18.2 Å². The molecular weight excluding hydrogens is 640 g/mol. The Hall–Kier alpha value is -3.92. The predicted molar refractivity (Wildman–Crippen MR) is 155 cm³/mol. The number of carbonyl (C=O) groups is 3. The Morgan fingerprint density at radius 1 is 1.00 bits per heavy atom. The van der Waals surface area contributed by atoms with Gasteiger partial charge in [-0.1, -0.05) is 6.07 Å². The van der Waals surface area contributed by atoms with Crippen LogP contribution in [0, 0.1) is 17.2 Å². The van der Waals surface area contributed by atoms with Gasteiger partial charge in [0.2, 0.25) is 5.91 Å². The molecule has 4 rings (SSSR count). The Kier molecular flexibility index (Phi) is 10.2. The largest absolute Gasteiger partial charge is 0.501 e. The summed E-state index contributed by atoms with van der Waals surface area (Å²) < 4.78 is 94.2. The molecule has 11 nitrogen and oxygen atoms in total. The summed E-state index contributed by atoms with van der Waals surface area (Å²) in [5, 5.41) is 14.6. The van der Waals surface area contributed by atoms with Crippen LogP contribution in [0.15, 0.2) is 41.3 Å². The summed E-state index contributed by atoms with van der Waals surface area (Å²) in [6, 6.07) is 5.03. The molecule has 2 aromatic rings. The Morgan fingerprint density at radius 2 is 1.67 bits per heavy atom. The van der Waals surface area contributed by atoms with Crippen molar-refractivity contribution in [1.82, 2.24) is 5.32 Å². The maximum atomic E-state index is 15.0. The molecule has 2 amide bonds. The van der Waals surface area contributed by atoms with Crippen LogP contribution in [-0.2, 0) is 24.2 Å². The van der Waals surface area contributed by atoms with Gasteiger partial charge in [-0.2, -0.15) is 13.2 Å². The summed E-state index contributed by atoms with van der Waals surface area (Å²) in [6.45, 7) is 1.64. The molecule has 0 radical (unpaired) electrons. The number of hydrogen-bond acceptors (Lipinski definition) is 8. The Bertz CT molecular complexity index is 1590. The van der Waals surface area contributed by atoms with Crippen LogP contribution in [-0.4, -0.2) is 69.3 Å². The zero-order chi connectivity index (χ0) is 34.0. The van der Waals surface area contributed by atoms with Crippen LogP contribution in [0.5, 0.6) is 11.5 Å². The van der Waals surface area contributed by atoms with E-state index in [2.05, 4.69) is 10.6 Å². The van der Waals surface area contributed by atoms with Crippen molar-refractivity contribution in [3.63, 3.8) is 0 Å². The van der Waals surface area contributed by atoms with Gasteiger partial charge in [-0.3, -0.25) is 14.4 Å². The number of sulfone groups is 1. The van der Waals surface area contributed by atoms with E-state index < -0.39 is 73.4 Å². The number of aliphatic carboxylic acids is 1. The van der Waals surface area contributed by atoms with Gasteiger partial charge >= 0.3 is 11.5 Å². The van der Waals surface area contributed by atoms with E-state index in [0.29, 0.717) is 31.7 Å². The lowest BCUT2D eigenvalue weighted by molar-refractivity contribution is -0.150. The van der Waals surface area contributed by atoms with Crippen molar-refractivity contribution in [3.8, 4) is 11.5 Å². The Morgan fingerprint density at radius 3 is 2.26 bits per heavy atom. The van der Waals surface area contributed by atoms with Crippen molar-refractivity contribution in [2.75, 3.05) is 19.5 Å². The van der Waals surface area contributed by atoms with Crippen LogP contribution in [0.3, 0.4) is 0 Å². The zero-order valence-electron chi connectivity index (χ0n) is 25.1. The van der Waals surface area contributed by atoms with Gasteiger partial charge in [-0.15, -0.1) is 0 Å². The summed E-state index contributed by atoms with van der Waals surface area (Å²) in [5.74, 6) is -4.45. The normalized spacial score (nSPS) is 25.0. The van der Waals surface area contributed by atoms with Crippen molar-refractivity contribution in [2.45, 2.75) is 74.1 Å². The third kappa shape index (κ3) is 7.38. The number of carbonyl (C=O) groups excluding carboxylic acids is 2. The zero-order valence-corrected chi connectivity index (χ0v) is 26.0. The predicted octanol–water partition coefficient (Wildman–Crippen LogP) is 4.70. The SMILES string of the molecule is COc1cc(F)c(O[C@H]2CC[C@@](C)(C(=O)O)CC2)cc1C(=O)N[C@H]1C[C@H](OC)CC1C(=O)Nc1cccc(S(=O)(=O)C(F)(F)F)c1. The van der Waals surface area contributed by atoms with Gasteiger partial charge < -0.3 is 30.0 Å². The first kappa shape index (κ1) is 34.9. The molecule has 16 heteroatoms. The number of nitrogens with one attached hydrogen (secondary N) is 2. The highest BCUT2D eigenvalue weighted by Crippen LogP contribution is 2.39. The first-order valence-electron chi connectivity index (χ1n) is 14.3. The second-order valence-corrected chi connectivity index (χ2v) is 13.6. The Labute approximate surface area is 262 Å². The number of alkyl halides is 3. The minimum Gasteiger partial charge on any atom is -0.496 e. The lowest BCUT2D eigenvalue weighted by atomic mass is 9.75. The van der Waals surface area contributed by atoms with E-state index in [9.17, 15) is 45.5 Å². The average Bonchev–Trinajstić information content (AvgIpc) is 3.41. The number of hydrogen-bond donors (Lipinski definition) is 3. The summed E-state index contributed by atoms with van der Waals surface area (Å²) in [4.78, 5) is 37.3. The van der Waals surface area contributed by atoms with Crippen LogP contribution in [0.25, 0.3) is 0 Å². The quantitative estimate of drug-likeness (QED) is 0.304. The third-order valence-electron chi connectivity index (χ3n) is 8.57. The van der Waals surface area contributed by atoms with E-state index >= 15 is 0 Å². The molecule has 0 aromatic heterocycles. The van der Waals surface area contributed by atoms with Crippen molar-refractivity contribution < 1.29 is 59.7 Å². The van der Waals surface area contributed by atoms with Crippen LogP contribution < -0.4 is 20.1 Å². The van der Waals surface area contributed by atoms with E-state index in [-0.39, 0.29) is 35.6 Å². The number of methoxy groups -OCH3 is 2. The van der Waals surface area contributed by atoms with Gasteiger partial charge in [-0.25, -0.2) is 12.8 Å². The fourth-order valence-electron chi connectivity index (χ4n) is 5.70. The lowest BCUT2D eigenvalue weighted by Crippen LogP contribution is -2.42. The van der Waals surface area contributed by atoms with Crippen molar-refractivity contribution >= 4 is 33.3 Å². The molecule has 2 aliphatic rings. The van der Waals surface area contributed by atoms with E-state index in [1.807, 2.05) is 0 Å². The maximum absolute atomic E-state index is 15.0. The standard InChI is InChI=1S/C30H34F4N2O9S/c1-29(28(39)40)9-7-17(8-10-29)45-25-14-21(24(44-3)15-22(25)31)27(38)36-23-13-18(43-2)12-20(23)26(37)35-16-5-4-6-19(11-16)46(41,42)30(32,33)34/h4-6,11,14-15,17-18,20,23H,7-10,12-13H2,1-3H3,(H,35,37)(H,36,38)(H,39,40)/t17-,18-,20?,23+,29+/m1/s1. The van der Waals surface area contributed by atoms with Crippen molar-refractivity contribution in [3.05, 3.63) is 47.8 Å². The van der Waals surface area contributed by atoms with E-state index in [4.69, 9.17) is 14.2 Å². The molecule has 2 aromatic carbocycles. The summed E-state index contributed by atoms with van der Waals surface area (Å²) in [5.41, 5.74) is -6.74. The number of halogens is 4. The number of anilines is 1. The molecule has 0 saturated heterocycles. The lowest BCUT2D eigenvalue weighted by Gasteiger charge is -2.34. The molecule has 3 atom stereocenters. The molecule has 2 aliphatic carbocycles. The minimum absolute atomic E-state index is 0.102. The van der Waals surface area contributed by atoms with Gasteiger partial charge in [0.25, 0.3) is 15.7 Å². The number of amides is 2. The van der Waals surface area contributed by atoms with Crippen LogP contribution in [0.4, 0.5) is 23.2 Å². The van der Waals surface area contributed by atoms with E-state index in [1.54, 1.807) is 6.92 Å². The molecule has 0 bridgehead atoms. The molecule has 3 N–H and O–H groups in total. The molecular formula is C30H34F4N2O9S. The van der Waals surface area contributed by atoms with Crippen molar-refractivity contribution in [2.24, 2.45) is 11.3 Å². The molecule has 0 heterocycles. The summed E-state index contributed by atoms with van der Waals surface area (Å²) >= 11 is 0. The molecule has 0 aliphatic heterocycles. The smallest absolute Gasteiger partial charge is 0.496 e. The molecule has 252 valence electrons. The number of benzene rings is 2. The van der Waals surface area contributed by atoms with E-state index in [1.165, 1.54) is 26.4 Å². The highest BCUT2D eigenvalue weighted by molar-refractivity contribution is 7.92. The van der Waals surface area contributed by atoms with Crippen LogP contribution in [0.1, 0.15) is 55.8 Å². The van der Waals surface area contributed by atoms with Crippen LogP contribution >= 0.6 is 0 Å². The van der Waals surface area contributed by atoms with Gasteiger partial charge in [0, 0.05) is 24.9 Å². The molecule has 0 spiro atoms. The van der Waals surface area contributed by atoms with Crippen LogP contribution in [0.2, 0.25) is 0 Å². The highest BCUT2D eigenvalue weighted by Gasteiger charge is 2.47. The molecule has 2 saturated carbocycles. The fourth-order valence-corrected chi connectivity index (χ4v) is 6.51. The Balaban J connectivity index is 1.51. The topological polar surface area (TPSA) is 157 Å². The second kappa shape index (κ2) is 13.4. The first-order chi connectivity index (χ1) is 21.5. The number of rotatable bonds is 10. The molecule has 46 heavy (non-hydrogen) atoms. The minimum atomic E-state index is -5.66. The van der Waals surface area contributed by atoms with Gasteiger partial charge in [0.15, 0.2) is 11.6 Å².